The number of nitrogens with one attached hydrogen (secondary N) is 1. The van der Waals surface area contributed by atoms with Gasteiger partial charge in [0.1, 0.15) is 5.75 Å². The van der Waals surface area contributed by atoms with Gasteiger partial charge in [-0.3, -0.25) is 0 Å². The lowest BCUT2D eigenvalue weighted by Gasteiger charge is -2.19. The summed E-state index contributed by atoms with van der Waals surface area (Å²) in [6.07, 6.45) is 2.12. The zero-order valence-corrected chi connectivity index (χ0v) is 12.9. The number of hydrogen-bond acceptors (Lipinski definition) is 3. The maximum Gasteiger partial charge on any atom is 0.133 e. The van der Waals surface area contributed by atoms with Gasteiger partial charge in [0.15, 0.2) is 0 Å². The van der Waals surface area contributed by atoms with E-state index in [4.69, 9.17) is 9.47 Å². The van der Waals surface area contributed by atoms with Crippen LogP contribution in [-0.2, 0) is 4.74 Å². The van der Waals surface area contributed by atoms with Gasteiger partial charge in [-0.25, -0.2) is 0 Å². The zero-order valence-electron chi connectivity index (χ0n) is 11.3. The van der Waals surface area contributed by atoms with Gasteiger partial charge in [0.05, 0.1) is 11.6 Å². The number of rotatable bonds is 8. The third-order valence-corrected chi connectivity index (χ3v) is 3.49. The molecular weight excluding hydrogens is 294 g/mol. The molecule has 0 heterocycles. The largest absolute Gasteiger partial charge is 0.496 e. The van der Waals surface area contributed by atoms with Crippen LogP contribution in [0.4, 0.5) is 0 Å². The van der Waals surface area contributed by atoms with Gasteiger partial charge >= 0.3 is 0 Å². The highest BCUT2D eigenvalue weighted by atomic mass is 79.9. The Morgan fingerprint density at radius 1 is 1.33 bits per heavy atom. The number of halogens is 1. The summed E-state index contributed by atoms with van der Waals surface area (Å²) in [5, 5.41) is 3.51. The van der Waals surface area contributed by atoms with E-state index < -0.39 is 0 Å². The first-order valence-corrected chi connectivity index (χ1v) is 7.08. The van der Waals surface area contributed by atoms with Crippen LogP contribution < -0.4 is 10.1 Å². The van der Waals surface area contributed by atoms with E-state index in [1.54, 1.807) is 14.2 Å². The van der Waals surface area contributed by atoms with Crippen molar-refractivity contribution in [3.63, 3.8) is 0 Å². The summed E-state index contributed by atoms with van der Waals surface area (Å²) in [5.41, 5.74) is 1.28. The van der Waals surface area contributed by atoms with Crippen molar-refractivity contribution in [2.45, 2.75) is 25.8 Å². The van der Waals surface area contributed by atoms with Gasteiger partial charge in [0.2, 0.25) is 0 Å². The molecule has 1 atom stereocenters. The SMILES string of the molecule is CCNC(CCCOC)c1ccc(OC)c(Br)c1. The second kappa shape index (κ2) is 8.51. The third-order valence-electron chi connectivity index (χ3n) is 2.87. The summed E-state index contributed by atoms with van der Waals surface area (Å²) in [7, 11) is 3.42. The third kappa shape index (κ3) is 4.59. The molecule has 3 nitrogen and oxygen atoms in total. The fourth-order valence-corrected chi connectivity index (χ4v) is 2.52. The lowest BCUT2D eigenvalue weighted by Crippen LogP contribution is -2.21. The molecule has 0 fully saturated rings. The first kappa shape index (κ1) is 15.5. The maximum absolute atomic E-state index is 5.25. The normalized spacial score (nSPS) is 12.4. The summed E-state index contributed by atoms with van der Waals surface area (Å²) in [5.74, 6) is 0.867. The molecule has 0 aliphatic heterocycles. The van der Waals surface area contributed by atoms with E-state index in [9.17, 15) is 0 Å². The topological polar surface area (TPSA) is 30.5 Å². The second-order valence-electron chi connectivity index (χ2n) is 4.14. The van der Waals surface area contributed by atoms with Gasteiger partial charge in [-0.1, -0.05) is 13.0 Å². The van der Waals surface area contributed by atoms with E-state index >= 15 is 0 Å². The zero-order chi connectivity index (χ0) is 13.4. The molecule has 0 amide bonds. The Labute approximate surface area is 118 Å². The summed E-state index contributed by atoms with van der Waals surface area (Å²) in [4.78, 5) is 0. The Kier molecular flexibility index (Phi) is 7.32. The predicted molar refractivity (Wildman–Crippen MR) is 78.2 cm³/mol. The van der Waals surface area contributed by atoms with E-state index in [1.807, 2.05) is 6.07 Å². The van der Waals surface area contributed by atoms with Gasteiger partial charge < -0.3 is 14.8 Å². The van der Waals surface area contributed by atoms with Gasteiger partial charge in [0, 0.05) is 19.8 Å². The molecule has 18 heavy (non-hydrogen) atoms. The van der Waals surface area contributed by atoms with Crippen molar-refractivity contribution in [3.8, 4) is 5.75 Å². The van der Waals surface area contributed by atoms with E-state index in [0.29, 0.717) is 6.04 Å². The quantitative estimate of drug-likeness (QED) is 0.744. The highest BCUT2D eigenvalue weighted by Crippen LogP contribution is 2.29. The highest BCUT2D eigenvalue weighted by Gasteiger charge is 2.11. The Bertz CT molecular complexity index is 358. The van der Waals surface area contributed by atoms with Crippen molar-refractivity contribution >= 4 is 15.9 Å². The molecule has 4 heteroatoms. The minimum atomic E-state index is 0.368. The van der Waals surface area contributed by atoms with Crippen LogP contribution >= 0.6 is 15.9 Å². The molecule has 1 rings (SSSR count). The second-order valence-corrected chi connectivity index (χ2v) is 4.99. The molecule has 0 aromatic heterocycles. The Balaban J connectivity index is 2.74. The van der Waals surface area contributed by atoms with Crippen molar-refractivity contribution in [2.24, 2.45) is 0 Å². The fourth-order valence-electron chi connectivity index (χ4n) is 1.96. The lowest BCUT2D eigenvalue weighted by atomic mass is 10.0. The first-order valence-electron chi connectivity index (χ1n) is 6.28. The monoisotopic (exact) mass is 315 g/mol. The van der Waals surface area contributed by atoms with Crippen molar-refractivity contribution in [1.82, 2.24) is 5.32 Å². The Morgan fingerprint density at radius 3 is 2.67 bits per heavy atom. The van der Waals surface area contributed by atoms with Crippen molar-refractivity contribution in [3.05, 3.63) is 28.2 Å². The first-order chi connectivity index (χ1) is 8.72. The van der Waals surface area contributed by atoms with Crippen LogP contribution in [0.15, 0.2) is 22.7 Å². The molecule has 0 aliphatic carbocycles. The summed E-state index contributed by atoms with van der Waals surface area (Å²) in [6, 6.07) is 6.61. The molecule has 102 valence electrons. The Morgan fingerprint density at radius 2 is 2.11 bits per heavy atom. The number of benzene rings is 1. The van der Waals surface area contributed by atoms with Gasteiger partial charge in [0.25, 0.3) is 0 Å². The number of hydrogen-bond donors (Lipinski definition) is 1. The molecule has 0 radical (unpaired) electrons. The summed E-state index contributed by atoms with van der Waals surface area (Å²) >= 11 is 3.53. The average Bonchev–Trinajstić information content (AvgIpc) is 2.38. The fraction of sp³-hybridized carbons (Fsp3) is 0.571. The van der Waals surface area contributed by atoms with Gasteiger partial charge in [-0.15, -0.1) is 0 Å². The molecule has 1 aromatic rings. The number of ether oxygens (including phenoxy) is 2. The molecule has 1 unspecified atom stereocenters. The minimum Gasteiger partial charge on any atom is -0.496 e. The van der Waals surface area contributed by atoms with Crippen LogP contribution in [0.3, 0.4) is 0 Å². The van der Waals surface area contributed by atoms with Crippen LogP contribution in [0, 0.1) is 0 Å². The van der Waals surface area contributed by atoms with Crippen LogP contribution in [-0.4, -0.2) is 27.4 Å². The predicted octanol–water partition coefficient (Wildman–Crippen LogP) is 3.53. The van der Waals surface area contributed by atoms with E-state index in [0.717, 1.165) is 36.2 Å². The summed E-state index contributed by atoms with van der Waals surface area (Å²) in [6.45, 7) is 3.89. The van der Waals surface area contributed by atoms with Gasteiger partial charge in [-0.05, 0) is 53.0 Å². The molecule has 0 aliphatic rings. The van der Waals surface area contributed by atoms with Crippen LogP contribution in [0.5, 0.6) is 5.75 Å². The number of methoxy groups -OCH3 is 2. The van der Waals surface area contributed by atoms with Crippen molar-refractivity contribution in [1.29, 1.82) is 0 Å². The molecule has 1 N–H and O–H groups in total. The maximum atomic E-state index is 5.25. The molecule has 1 aromatic carbocycles. The van der Waals surface area contributed by atoms with Crippen LogP contribution in [0.2, 0.25) is 0 Å². The van der Waals surface area contributed by atoms with Crippen LogP contribution in [0.25, 0.3) is 0 Å². The van der Waals surface area contributed by atoms with Crippen molar-refractivity contribution in [2.75, 3.05) is 27.4 Å². The highest BCUT2D eigenvalue weighted by molar-refractivity contribution is 9.10. The Hall–Kier alpha value is -0.580. The molecule has 0 spiro atoms. The smallest absolute Gasteiger partial charge is 0.133 e. The van der Waals surface area contributed by atoms with E-state index in [1.165, 1.54) is 5.56 Å². The lowest BCUT2D eigenvalue weighted by molar-refractivity contribution is 0.189. The molecular formula is C14H22BrNO2. The van der Waals surface area contributed by atoms with E-state index in [-0.39, 0.29) is 0 Å². The van der Waals surface area contributed by atoms with E-state index in [2.05, 4.69) is 40.3 Å². The summed E-state index contributed by atoms with van der Waals surface area (Å²) < 4.78 is 11.4. The molecule has 0 saturated carbocycles. The van der Waals surface area contributed by atoms with Crippen LogP contribution in [0.1, 0.15) is 31.4 Å². The minimum absolute atomic E-state index is 0.368. The van der Waals surface area contributed by atoms with Gasteiger partial charge in [-0.2, -0.15) is 0 Å². The standard InChI is InChI=1S/C14H22BrNO2/c1-4-16-13(6-5-9-17-2)11-7-8-14(18-3)12(15)10-11/h7-8,10,13,16H,4-6,9H2,1-3H3. The average molecular weight is 316 g/mol. The molecule has 0 bridgehead atoms. The molecule has 0 saturated heterocycles. The van der Waals surface area contributed by atoms with Crippen molar-refractivity contribution < 1.29 is 9.47 Å².